The first-order valence-electron chi connectivity index (χ1n) is 5.99. The maximum atomic E-state index is 11.9. The molecule has 3 nitrogen and oxygen atoms in total. The molecule has 0 unspecified atom stereocenters. The number of amides is 1. The standard InChI is InChI=1S/C15H12N2OS/c18-14-13(11-7-3-1-4-8-11)19-15(17-16-14)12-9-5-2-6-10-12/h1-10,13H,(H,16,18)/t13-/m0/s1. The van der Waals surface area contributed by atoms with Crippen LogP contribution in [0.5, 0.6) is 0 Å². The van der Waals surface area contributed by atoms with Crippen molar-refractivity contribution < 1.29 is 4.79 Å². The Morgan fingerprint density at radius 3 is 2.26 bits per heavy atom. The van der Waals surface area contributed by atoms with Crippen LogP contribution < -0.4 is 5.43 Å². The third kappa shape index (κ3) is 2.53. The minimum Gasteiger partial charge on any atom is -0.271 e. The zero-order chi connectivity index (χ0) is 13.1. The van der Waals surface area contributed by atoms with E-state index in [0.29, 0.717) is 0 Å². The van der Waals surface area contributed by atoms with Gasteiger partial charge in [0.15, 0.2) is 0 Å². The van der Waals surface area contributed by atoms with Gasteiger partial charge in [0.25, 0.3) is 5.91 Å². The highest BCUT2D eigenvalue weighted by Crippen LogP contribution is 2.34. The molecule has 0 aromatic heterocycles. The minimum atomic E-state index is -0.242. The summed E-state index contributed by atoms with van der Waals surface area (Å²) in [6, 6.07) is 19.6. The summed E-state index contributed by atoms with van der Waals surface area (Å²) < 4.78 is 0. The van der Waals surface area contributed by atoms with Gasteiger partial charge in [0.1, 0.15) is 10.3 Å². The molecule has 0 fully saturated rings. The number of carbonyl (C=O) groups is 1. The second-order valence-corrected chi connectivity index (χ2v) is 5.26. The van der Waals surface area contributed by atoms with Gasteiger partial charge in [0, 0.05) is 5.56 Å². The monoisotopic (exact) mass is 268 g/mol. The van der Waals surface area contributed by atoms with Crippen molar-refractivity contribution >= 4 is 22.7 Å². The van der Waals surface area contributed by atoms with Gasteiger partial charge < -0.3 is 0 Å². The van der Waals surface area contributed by atoms with Crippen molar-refractivity contribution in [3.05, 3.63) is 71.8 Å². The number of thioether (sulfide) groups is 1. The summed E-state index contributed by atoms with van der Waals surface area (Å²) in [7, 11) is 0. The van der Waals surface area contributed by atoms with Gasteiger partial charge in [-0.1, -0.05) is 72.4 Å². The lowest BCUT2D eigenvalue weighted by Gasteiger charge is -2.21. The Bertz CT molecular complexity index is 611. The smallest absolute Gasteiger partial charge is 0.258 e. The number of rotatable bonds is 2. The zero-order valence-electron chi connectivity index (χ0n) is 10.1. The van der Waals surface area contributed by atoms with Crippen LogP contribution in [-0.2, 0) is 4.79 Å². The fraction of sp³-hybridized carbons (Fsp3) is 0.0667. The van der Waals surface area contributed by atoms with Crippen LogP contribution in [0.3, 0.4) is 0 Å². The second kappa shape index (κ2) is 5.28. The highest BCUT2D eigenvalue weighted by Gasteiger charge is 2.27. The molecule has 1 heterocycles. The molecule has 0 bridgehead atoms. The van der Waals surface area contributed by atoms with E-state index in [0.717, 1.165) is 16.2 Å². The van der Waals surface area contributed by atoms with Gasteiger partial charge in [-0.05, 0) is 5.56 Å². The average molecular weight is 268 g/mol. The molecule has 0 saturated carbocycles. The summed E-state index contributed by atoms with van der Waals surface area (Å²) in [5.41, 5.74) is 4.62. The number of carbonyl (C=O) groups excluding carboxylic acids is 1. The summed E-state index contributed by atoms with van der Waals surface area (Å²) >= 11 is 1.48. The topological polar surface area (TPSA) is 41.5 Å². The van der Waals surface area contributed by atoms with Crippen LogP contribution in [0.2, 0.25) is 0 Å². The van der Waals surface area contributed by atoms with Crippen LogP contribution in [-0.4, -0.2) is 11.0 Å². The molecule has 2 aromatic rings. The maximum absolute atomic E-state index is 11.9. The average Bonchev–Trinajstić information content (AvgIpc) is 2.49. The van der Waals surface area contributed by atoms with E-state index in [1.807, 2.05) is 60.7 Å². The molecule has 1 N–H and O–H groups in total. The van der Waals surface area contributed by atoms with Crippen molar-refractivity contribution in [3.63, 3.8) is 0 Å². The summed E-state index contributed by atoms with van der Waals surface area (Å²) in [6.45, 7) is 0. The molecular weight excluding hydrogens is 256 g/mol. The lowest BCUT2D eigenvalue weighted by atomic mass is 10.1. The molecule has 3 rings (SSSR count). The van der Waals surface area contributed by atoms with Crippen molar-refractivity contribution in [2.45, 2.75) is 5.25 Å². The van der Waals surface area contributed by atoms with E-state index in [1.165, 1.54) is 11.8 Å². The van der Waals surface area contributed by atoms with E-state index in [4.69, 9.17) is 0 Å². The predicted molar refractivity (Wildman–Crippen MR) is 77.9 cm³/mol. The van der Waals surface area contributed by atoms with E-state index < -0.39 is 0 Å². The van der Waals surface area contributed by atoms with Crippen LogP contribution in [0.4, 0.5) is 0 Å². The van der Waals surface area contributed by atoms with Gasteiger partial charge in [0.05, 0.1) is 0 Å². The van der Waals surface area contributed by atoms with Gasteiger partial charge in [-0.15, -0.1) is 0 Å². The Hall–Kier alpha value is -2.07. The van der Waals surface area contributed by atoms with Gasteiger partial charge in [-0.2, -0.15) is 5.10 Å². The van der Waals surface area contributed by atoms with Gasteiger partial charge >= 0.3 is 0 Å². The molecule has 0 aliphatic carbocycles. The predicted octanol–water partition coefficient (Wildman–Crippen LogP) is 2.95. The van der Waals surface area contributed by atoms with Crippen molar-refractivity contribution in [1.29, 1.82) is 0 Å². The molecule has 0 spiro atoms. The quantitative estimate of drug-likeness (QED) is 0.909. The number of benzene rings is 2. The molecule has 94 valence electrons. The van der Waals surface area contributed by atoms with E-state index in [9.17, 15) is 4.79 Å². The molecule has 1 amide bonds. The molecule has 1 aliphatic rings. The number of hydrazone groups is 1. The Balaban J connectivity index is 1.90. The van der Waals surface area contributed by atoms with Gasteiger partial charge in [-0.25, -0.2) is 5.43 Å². The molecule has 0 saturated heterocycles. The third-order valence-electron chi connectivity index (χ3n) is 2.86. The normalized spacial score (nSPS) is 18.6. The Kier molecular flexibility index (Phi) is 3.33. The minimum absolute atomic E-state index is 0.0733. The Morgan fingerprint density at radius 2 is 1.58 bits per heavy atom. The van der Waals surface area contributed by atoms with Crippen molar-refractivity contribution in [2.24, 2.45) is 5.10 Å². The van der Waals surface area contributed by atoms with Crippen LogP contribution in [0.25, 0.3) is 0 Å². The maximum Gasteiger partial charge on any atom is 0.258 e. The first-order chi connectivity index (χ1) is 9.34. The summed E-state index contributed by atoms with van der Waals surface area (Å²) in [5.74, 6) is -0.0733. The van der Waals surface area contributed by atoms with Crippen molar-refractivity contribution in [2.75, 3.05) is 0 Å². The zero-order valence-corrected chi connectivity index (χ0v) is 10.9. The Morgan fingerprint density at radius 1 is 0.947 bits per heavy atom. The number of nitrogens with zero attached hydrogens (tertiary/aromatic N) is 1. The lowest BCUT2D eigenvalue weighted by Crippen LogP contribution is -2.29. The highest BCUT2D eigenvalue weighted by atomic mass is 32.2. The number of hydrogen-bond acceptors (Lipinski definition) is 3. The van der Waals surface area contributed by atoms with Crippen LogP contribution in [0.15, 0.2) is 65.8 Å². The first-order valence-corrected chi connectivity index (χ1v) is 6.87. The summed E-state index contributed by atoms with van der Waals surface area (Å²) in [6.07, 6.45) is 0. The van der Waals surface area contributed by atoms with E-state index in [-0.39, 0.29) is 11.2 Å². The number of nitrogens with one attached hydrogen (secondary N) is 1. The third-order valence-corrected chi connectivity index (χ3v) is 4.13. The molecule has 1 aliphatic heterocycles. The largest absolute Gasteiger partial charge is 0.271 e. The molecule has 2 aromatic carbocycles. The fourth-order valence-corrected chi connectivity index (χ4v) is 2.96. The van der Waals surface area contributed by atoms with Crippen LogP contribution in [0.1, 0.15) is 16.4 Å². The molecule has 19 heavy (non-hydrogen) atoms. The second-order valence-electron chi connectivity index (χ2n) is 4.17. The lowest BCUT2D eigenvalue weighted by molar-refractivity contribution is -0.120. The number of hydrogen-bond donors (Lipinski definition) is 1. The molecular formula is C15H12N2OS. The van der Waals surface area contributed by atoms with Crippen molar-refractivity contribution in [1.82, 2.24) is 5.43 Å². The van der Waals surface area contributed by atoms with Crippen molar-refractivity contribution in [3.8, 4) is 0 Å². The SMILES string of the molecule is O=C1NN=C(c2ccccc2)S[C@H]1c1ccccc1. The first kappa shape index (κ1) is 12.0. The van der Waals surface area contributed by atoms with Crippen LogP contribution in [0, 0.1) is 0 Å². The summed E-state index contributed by atoms with van der Waals surface area (Å²) in [5, 5.41) is 4.74. The fourth-order valence-electron chi connectivity index (χ4n) is 1.92. The molecule has 4 heteroatoms. The van der Waals surface area contributed by atoms with E-state index in [2.05, 4.69) is 10.5 Å². The Labute approximate surface area is 115 Å². The molecule has 1 atom stereocenters. The highest BCUT2D eigenvalue weighted by molar-refractivity contribution is 8.15. The van der Waals surface area contributed by atoms with Crippen LogP contribution >= 0.6 is 11.8 Å². The van der Waals surface area contributed by atoms with E-state index >= 15 is 0 Å². The van der Waals surface area contributed by atoms with E-state index in [1.54, 1.807) is 0 Å². The van der Waals surface area contributed by atoms with Gasteiger partial charge in [0.2, 0.25) is 0 Å². The molecule has 0 radical (unpaired) electrons. The summed E-state index contributed by atoms with van der Waals surface area (Å²) in [4.78, 5) is 11.9. The van der Waals surface area contributed by atoms with Gasteiger partial charge in [-0.3, -0.25) is 4.79 Å².